The Morgan fingerprint density at radius 2 is 1.80 bits per heavy atom. The number of nitrogens with zero attached hydrogens (tertiary/aromatic N) is 2. The number of halogens is 4. The lowest BCUT2D eigenvalue weighted by Crippen LogP contribution is -2.09. The Morgan fingerprint density at radius 3 is 2.35 bits per heavy atom. The summed E-state index contributed by atoms with van der Waals surface area (Å²) in [5.74, 6) is 0.632. The quantitative estimate of drug-likeness (QED) is 0.796. The third-order valence-electron chi connectivity index (χ3n) is 2.45. The molecule has 0 fully saturated rings. The van der Waals surface area contributed by atoms with Crippen molar-refractivity contribution >= 4 is 11.6 Å². The Balaban J connectivity index is 2.39. The second-order valence-corrected chi connectivity index (χ2v) is 4.20. The molecule has 0 saturated heterocycles. The molecule has 0 spiro atoms. The largest absolute Gasteiger partial charge is 0.494 e. The first-order chi connectivity index (χ1) is 9.40. The van der Waals surface area contributed by atoms with Crippen molar-refractivity contribution < 1.29 is 17.9 Å². The van der Waals surface area contributed by atoms with Crippen molar-refractivity contribution in [3.63, 3.8) is 0 Å². The molecule has 0 aliphatic heterocycles. The van der Waals surface area contributed by atoms with Gasteiger partial charge in [-0.05, 0) is 48.9 Å². The van der Waals surface area contributed by atoms with E-state index < -0.39 is 17.2 Å². The zero-order valence-corrected chi connectivity index (χ0v) is 11.2. The smallest absolute Gasteiger partial charge is 0.433 e. The molecule has 1 aromatic heterocycles. The van der Waals surface area contributed by atoms with E-state index in [0.29, 0.717) is 17.9 Å². The first kappa shape index (κ1) is 14.6. The van der Waals surface area contributed by atoms with Gasteiger partial charge in [-0.2, -0.15) is 13.2 Å². The maximum Gasteiger partial charge on any atom is 0.433 e. The molecule has 0 aliphatic carbocycles. The molecule has 0 saturated carbocycles. The second kappa shape index (κ2) is 5.66. The normalized spacial score (nSPS) is 11.4. The predicted molar refractivity (Wildman–Crippen MR) is 68.6 cm³/mol. The third-order valence-corrected chi connectivity index (χ3v) is 2.62. The molecule has 0 N–H and O–H groups in total. The van der Waals surface area contributed by atoms with Crippen LogP contribution in [0.15, 0.2) is 30.3 Å². The minimum absolute atomic E-state index is 0.111. The van der Waals surface area contributed by atoms with Gasteiger partial charge in [0.2, 0.25) is 5.28 Å². The van der Waals surface area contributed by atoms with E-state index in [2.05, 4.69) is 9.97 Å². The van der Waals surface area contributed by atoms with E-state index in [1.807, 2.05) is 6.92 Å². The maximum atomic E-state index is 12.7. The van der Waals surface area contributed by atoms with Crippen molar-refractivity contribution in [1.82, 2.24) is 9.97 Å². The summed E-state index contributed by atoms with van der Waals surface area (Å²) in [6.45, 7) is 2.35. The Kier molecular flexibility index (Phi) is 4.13. The summed E-state index contributed by atoms with van der Waals surface area (Å²) in [4.78, 5) is 6.99. The number of aromatic nitrogens is 2. The highest BCUT2D eigenvalue weighted by atomic mass is 35.5. The first-order valence-electron chi connectivity index (χ1n) is 5.75. The van der Waals surface area contributed by atoms with Crippen LogP contribution in [0.5, 0.6) is 5.75 Å². The molecule has 0 atom stereocenters. The zero-order valence-electron chi connectivity index (χ0n) is 10.4. The van der Waals surface area contributed by atoms with E-state index in [1.165, 1.54) is 0 Å². The molecule has 1 heterocycles. The van der Waals surface area contributed by atoms with E-state index in [-0.39, 0.29) is 5.69 Å². The van der Waals surface area contributed by atoms with Gasteiger partial charge < -0.3 is 4.74 Å². The Hall–Kier alpha value is -1.82. The number of benzene rings is 1. The van der Waals surface area contributed by atoms with Crippen LogP contribution in [0, 0.1) is 0 Å². The Bertz CT molecular complexity index is 600. The highest BCUT2D eigenvalue weighted by molar-refractivity contribution is 6.28. The number of alkyl halides is 3. The molecule has 3 nitrogen and oxygen atoms in total. The molecule has 0 radical (unpaired) electrons. The summed E-state index contributed by atoms with van der Waals surface area (Å²) in [7, 11) is 0. The topological polar surface area (TPSA) is 35.0 Å². The minimum atomic E-state index is -4.56. The van der Waals surface area contributed by atoms with Gasteiger partial charge in [0.15, 0.2) is 0 Å². The lowest BCUT2D eigenvalue weighted by molar-refractivity contribution is -0.141. The van der Waals surface area contributed by atoms with Crippen molar-refractivity contribution in [2.45, 2.75) is 13.1 Å². The van der Waals surface area contributed by atoms with Crippen LogP contribution >= 0.6 is 11.6 Å². The van der Waals surface area contributed by atoms with Crippen molar-refractivity contribution in [3.05, 3.63) is 41.3 Å². The first-order valence-corrected chi connectivity index (χ1v) is 6.13. The molecule has 0 amide bonds. The van der Waals surface area contributed by atoms with Gasteiger partial charge in [-0.3, -0.25) is 0 Å². The van der Waals surface area contributed by atoms with Crippen molar-refractivity contribution in [3.8, 4) is 17.0 Å². The molecule has 2 aromatic rings. The van der Waals surface area contributed by atoms with Gasteiger partial charge in [-0.1, -0.05) is 0 Å². The summed E-state index contributed by atoms with van der Waals surface area (Å²) < 4.78 is 43.2. The predicted octanol–water partition coefficient (Wildman–Crippen LogP) is 4.21. The van der Waals surface area contributed by atoms with Gasteiger partial charge >= 0.3 is 6.18 Å². The Labute approximate surface area is 118 Å². The fourth-order valence-corrected chi connectivity index (χ4v) is 1.78. The van der Waals surface area contributed by atoms with Crippen LogP contribution in [0.3, 0.4) is 0 Å². The second-order valence-electron chi connectivity index (χ2n) is 3.86. The van der Waals surface area contributed by atoms with Crippen LogP contribution in [-0.2, 0) is 6.18 Å². The average Bonchev–Trinajstić information content (AvgIpc) is 2.38. The third kappa shape index (κ3) is 3.39. The lowest BCUT2D eigenvalue weighted by atomic mass is 10.1. The number of ether oxygens (including phenoxy) is 1. The van der Waals surface area contributed by atoms with Crippen LogP contribution in [0.25, 0.3) is 11.3 Å². The van der Waals surface area contributed by atoms with Gasteiger partial charge in [-0.25, -0.2) is 9.97 Å². The van der Waals surface area contributed by atoms with Crippen LogP contribution in [0.2, 0.25) is 5.28 Å². The number of hydrogen-bond acceptors (Lipinski definition) is 3. The molecule has 1 aromatic carbocycles. The van der Waals surface area contributed by atoms with E-state index in [4.69, 9.17) is 16.3 Å². The molecule has 0 bridgehead atoms. The van der Waals surface area contributed by atoms with Crippen LogP contribution < -0.4 is 4.74 Å². The van der Waals surface area contributed by atoms with Crippen LogP contribution in [0.1, 0.15) is 12.6 Å². The highest BCUT2D eigenvalue weighted by Crippen LogP contribution is 2.31. The number of rotatable bonds is 3. The average molecular weight is 303 g/mol. The van der Waals surface area contributed by atoms with Crippen molar-refractivity contribution in [2.75, 3.05) is 6.61 Å². The standard InChI is InChI=1S/C13H10ClF3N2O/c1-2-20-9-5-3-8(4-6-9)10-7-11(13(15,16)17)19-12(14)18-10/h3-7H,2H2,1H3. The van der Waals surface area contributed by atoms with E-state index in [0.717, 1.165) is 6.07 Å². The zero-order chi connectivity index (χ0) is 14.8. The summed E-state index contributed by atoms with van der Waals surface area (Å²) in [5, 5.41) is -0.441. The summed E-state index contributed by atoms with van der Waals surface area (Å²) >= 11 is 5.54. The van der Waals surface area contributed by atoms with Gasteiger partial charge in [-0.15, -0.1) is 0 Å². The Morgan fingerprint density at radius 1 is 1.15 bits per heavy atom. The van der Waals surface area contributed by atoms with E-state index in [1.54, 1.807) is 24.3 Å². The molecule has 7 heteroatoms. The van der Waals surface area contributed by atoms with Gasteiger partial charge in [0, 0.05) is 5.56 Å². The molecular formula is C13H10ClF3N2O. The fraction of sp³-hybridized carbons (Fsp3) is 0.231. The monoisotopic (exact) mass is 302 g/mol. The van der Waals surface area contributed by atoms with Crippen molar-refractivity contribution in [2.24, 2.45) is 0 Å². The number of hydrogen-bond donors (Lipinski definition) is 0. The highest BCUT2D eigenvalue weighted by Gasteiger charge is 2.33. The molecule has 2 rings (SSSR count). The molecule has 106 valence electrons. The van der Waals surface area contributed by atoms with Crippen LogP contribution in [0.4, 0.5) is 13.2 Å². The maximum absolute atomic E-state index is 12.7. The van der Waals surface area contributed by atoms with Gasteiger partial charge in [0.05, 0.1) is 12.3 Å². The lowest BCUT2D eigenvalue weighted by Gasteiger charge is -2.09. The van der Waals surface area contributed by atoms with E-state index in [9.17, 15) is 13.2 Å². The molecule has 0 unspecified atom stereocenters. The van der Waals surface area contributed by atoms with Gasteiger partial charge in [0.1, 0.15) is 11.4 Å². The van der Waals surface area contributed by atoms with Crippen molar-refractivity contribution in [1.29, 1.82) is 0 Å². The summed E-state index contributed by atoms with van der Waals surface area (Å²) in [5.41, 5.74) is -0.454. The molecule has 0 aliphatic rings. The summed E-state index contributed by atoms with van der Waals surface area (Å²) in [6.07, 6.45) is -4.56. The fourth-order valence-electron chi connectivity index (χ4n) is 1.60. The van der Waals surface area contributed by atoms with Crippen LogP contribution in [-0.4, -0.2) is 16.6 Å². The SMILES string of the molecule is CCOc1ccc(-c2cc(C(F)(F)F)nc(Cl)n2)cc1. The summed E-state index contributed by atoms with van der Waals surface area (Å²) in [6, 6.07) is 7.40. The minimum Gasteiger partial charge on any atom is -0.494 e. The molecular weight excluding hydrogens is 293 g/mol. The van der Waals surface area contributed by atoms with Gasteiger partial charge in [0.25, 0.3) is 0 Å². The molecule has 20 heavy (non-hydrogen) atoms. The van der Waals surface area contributed by atoms with E-state index >= 15 is 0 Å².